The normalized spacial score (nSPS) is 18.2. The van der Waals surface area contributed by atoms with Gasteiger partial charge in [-0.2, -0.15) is 0 Å². The van der Waals surface area contributed by atoms with Crippen LogP contribution < -0.4 is 16.0 Å². The van der Waals surface area contributed by atoms with Gasteiger partial charge < -0.3 is 30.3 Å². The third kappa shape index (κ3) is 8.34. The summed E-state index contributed by atoms with van der Waals surface area (Å²) in [6.45, 7) is 12.3. The lowest BCUT2D eigenvalue weighted by Gasteiger charge is -2.43. The smallest absolute Gasteiger partial charge is 0.408 e. The van der Waals surface area contributed by atoms with Gasteiger partial charge in [0.05, 0.1) is 5.54 Å². The van der Waals surface area contributed by atoms with E-state index >= 15 is 0 Å². The van der Waals surface area contributed by atoms with Crippen molar-refractivity contribution < 1.29 is 14.3 Å². The Morgan fingerprint density at radius 2 is 1.74 bits per heavy atom. The van der Waals surface area contributed by atoms with Crippen LogP contribution >= 0.6 is 0 Å². The Morgan fingerprint density at radius 3 is 2.22 bits per heavy atom. The van der Waals surface area contributed by atoms with Crippen LogP contribution in [-0.2, 0) is 9.47 Å². The van der Waals surface area contributed by atoms with Crippen molar-refractivity contribution in [1.82, 2.24) is 20.9 Å². The number of rotatable bonds is 6. The number of guanidine groups is 1. The molecule has 8 nitrogen and oxygen atoms in total. The molecular weight excluding hydrogens is 346 g/mol. The largest absolute Gasteiger partial charge is 0.444 e. The number of alkyl carbamates (subject to hydrolysis) is 1. The molecule has 0 aromatic heterocycles. The highest BCUT2D eigenvalue weighted by Crippen LogP contribution is 2.25. The number of hydrogen-bond donors (Lipinski definition) is 3. The molecule has 158 valence electrons. The molecule has 1 amide bonds. The average molecular weight is 386 g/mol. The topological polar surface area (TPSA) is 87.2 Å². The van der Waals surface area contributed by atoms with E-state index in [1.54, 1.807) is 7.05 Å². The standard InChI is InChI=1S/C19H39N5O3/c1-17(2,3)27-16(25)23-18(4,5)13-21-15(20-6)22-14-19(24(7)8)9-11-26-12-10-19/h9-14H2,1-8H3,(H,23,25)(H2,20,21,22). The highest BCUT2D eigenvalue weighted by Gasteiger charge is 2.35. The van der Waals surface area contributed by atoms with Crippen LogP contribution in [0.15, 0.2) is 4.99 Å². The van der Waals surface area contributed by atoms with Crippen molar-refractivity contribution >= 4 is 12.1 Å². The Hall–Kier alpha value is -1.54. The molecule has 1 rings (SSSR count). The lowest BCUT2D eigenvalue weighted by molar-refractivity contribution is -0.00501. The number of nitrogens with zero attached hydrogens (tertiary/aromatic N) is 2. The van der Waals surface area contributed by atoms with Crippen molar-refractivity contribution in [3.05, 3.63) is 0 Å². The van der Waals surface area contributed by atoms with Gasteiger partial charge in [0.2, 0.25) is 0 Å². The minimum atomic E-state index is -0.518. The fourth-order valence-corrected chi connectivity index (χ4v) is 2.93. The Kier molecular flexibility index (Phi) is 8.35. The molecule has 1 saturated heterocycles. The molecule has 0 aromatic carbocycles. The highest BCUT2D eigenvalue weighted by atomic mass is 16.6. The highest BCUT2D eigenvalue weighted by molar-refractivity contribution is 5.80. The monoisotopic (exact) mass is 385 g/mol. The minimum Gasteiger partial charge on any atom is -0.444 e. The second-order valence-corrected chi connectivity index (χ2v) is 9.02. The van der Waals surface area contributed by atoms with E-state index in [1.165, 1.54) is 0 Å². The molecular formula is C19H39N5O3. The van der Waals surface area contributed by atoms with Gasteiger partial charge in [0, 0.05) is 38.9 Å². The number of aliphatic imine (C=N–C) groups is 1. The number of likely N-dealkylation sites (N-methyl/N-ethyl adjacent to an activating group) is 1. The van der Waals surface area contributed by atoms with E-state index in [4.69, 9.17) is 9.47 Å². The summed E-state index contributed by atoms with van der Waals surface area (Å²) < 4.78 is 10.9. The lowest BCUT2D eigenvalue weighted by Crippen LogP contribution is -2.58. The maximum absolute atomic E-state index is 12.0. The first-order valence-electron chi connectivity index (χ1n) is 9.60. The zero-order valence-corrected chi connectivity index (χ0v) is 18.4. The van der Waals surface area contributed by atoms with Crippen LogP contribution in [0.3, 0.4) is 0 Å². The van der Waals surface area contributed by atoms with Gasteiger partial charge in [0.15, 0.2) is 5.96 Å². The van der Waals surface area contributed by atoms with E-state index in [-0.39, 0.29) is 5.54 Å². The molecule has 27 heavy (non-hydrogen) atoms. The first-order chi connectivity index (χ1) is 12.4. The molecule has 1 aliphatic rings. The summed E-state index contributed by atoms with van der Waals surface area (Å²) in [5, 5.41) is 9.61. The zero-order chi connectivity index (χ0) is 20.7. The number of ether oxygens (including phenoxy) is 2. The Bertz CT molecular complexity index is 506. The predicted molar refractivity (Wildman–Crippen MR) is 109 cm³/mol. The van der Waals surface area contributed by atoms with Crippen molar-refractivity contribution in [3.63, 3.8) is 0 Å². The van der Waals surface area contributed by atoms with Crippen molar-refractivity contribution in [2.45, 2.75) is 64.1 Å². The maximum atomic E-state index is 12.0. The van der Waals surface area contributed by atoms with Crippen LogP contribution in [0.2, 0.25) is 0 Å². The number of hydrogen-bond acceptors (Lipinski definition) is 5. The summed E-state index contributed by atoms with van der Waals surface area (Å²) >= 11 is 0. The third-order valence-electron chi connectivity index (χ3n) is 4.72. The fraction of sp³-hybridized carbons (Fsp3) is 0.895. The van der Waals surface area contributed by atoms with Crippen molar-refractivity contribution in [3.8, 4) is 0 Å². The van der Waals surface area contributed by atoms with Crippen LogP contribution in [-0.4, -0.2) is 81.1 Å². The first-order valence-corrected chi connectivity index (χ1v) is 9.60. The predicted octanol–water partition coefficient (Wildman–Crippen LogP) is 1.57. The van der Waals surface area contributed by atoms with Crippen LogP contribution in [0.1, 0.15) is 47.5 Å². The molecule has 0 bridgehead atoms. The molecule has 8 heteroatoms. The van der Waals surface area contributed by atoms with Gasteiger partial charge >= 0.3 is 6.09 Å². The second-order valence-electron chi connectivity index (χ2n) is 9.02. The molecule has 0 atom stereocenters. The summed E-state index contributed by atoms with van der Waals surface area (Å²) in [6, 6.07) is 0. The van der Waals surface area contributed by atoms with Crippen molar-refractivity contribution in [2.75, 3.05) is 47.4 Å². The van der Waals surface area contributed by atoms with Gasteiger partial charge in [-0.05, 0) is 61.6 Å². The maximum Gasteiger partial charge on any atom is 0.408 e. The third-order valence-corrected chi connectivity index (χ3v) is 4.72. The molecule has 0 aromatic rings. The molecule has 0 saturated carbocycles. The molecule has 1 aliphatic heterocycles. The molecule has 1 fully saturated rings. The van der Waals surface area contributed by atoms with E-state index < -0.39 is 17.2 Å². The van der Waals surface area contributed by atoms with Crippen LogP contribution in [0, 0.1) is 0 Å². The summed E-state index contributed by atoms with van der Waals surface area (Å²) in [7, 11) is 5.96. The molecule has 0 aliphatic carbocycles. The molecule has 3 N–H and O–H groups in total. The van der Waals surface area contributed by atoms with Gasteiger partial charge in [-0.15, -0.1) is 0 Å². The lowest BCUT2D eigenvalue weighted by atomic mass is 9.88. The Balaban J connectivity index is 2.54. The fourth-order valence-electron chi connectivity index (χ4n) is 2.93. The summed E-state index contributed by atoms with van der Waals surface area (Å²) in [4.78, 5) is 18.6. The molecule has 0 radical (unpaired) electrons. The van der Waals surface area contributed by atoms with E-state index in [1.807, 2.05) is 34.6 Å². The average Bonchev–Trinajstić information content (AvgIpc) is 2.53. The van der Waals surface area contributed by atoms with Crippen LogP contribution in [0.4, 0.5) is 4.79 Å². The number of carbonyl (C=O) groups is 1. The molecule has 0 unspecified atom stereocenters. The Labute approximate surface area is 164 Å². The van der Waals surface area contributed by atoms with E-state index in [0.29, 0.717) is 12.5 Å². The van der Waals surface area contributed by atoms with Gasteiger partial charge in [0.25, 0.3) is 0 Å². The summed E-state index contributed by atoms with van der Waals surface area (Å²) in [5.74, 6) is 0.710. The van der Waals surface area contributed by atoms with Gasteiger partial charge in [-0.1, -0.05) is 0 Å². The van der Waals surface area contributed by atoms with Gasteiger partial charge in [0.1, 0.15) is 5.60 Å². The SMILES string of the molecule is CN=C(NCC(C)(C)NC(=O)OC(C)(C)C)NCC1(N(C)C)CCOCC1. The Morgan fingerprint density at radius 1 is 1.15 bits per heavy atom. The zero-order valence-electron chi connectivity index (χ0n) is 18.4. The quantitative estimate of drug-likeness (QED) is 0.475. The molecule has 1 heterocycles. The first kappa shape index (κ1) is 23.5. The number of carbonyl (C=O) groups excluding carboxylic acids is 1. The van der Waals surface area contributed by atoms with Crippen molar-refractivity contribution in [2.24, 2.45) is 4.99 Å². The number of amides is 1. The van der Waals surface area contributed by atoms with Gasteiger partial charge in [-0.25, -0.2) is 4.79 Å². The molecule has 0 spiro atoms. The van der Waals surface area contributed by atoms with E-state index in [2.05, 4.69) is 39.9 Å². The van der Waals surface area contributed by atoms with Crippen LogP contribution in [0.25, 0.3) is 0 Å². The number of nitrogens with one attached hydrogen (secondary N) is 3. The summed E-state index contributed by atoms with van der Waals surface area (Å²) in [5.41, 5.74) is -0.951. The van der Waals surface area contributed by atoms with Crippen LogP contribution in [0.5, 0.6) is 0 Å². The minimum absolute atomic E-state index is 0.0557. The van der Waals surface area contributed by atoms with E-state index in [0.717, 1.165) is 32.6 Å². The second kappa shape index (κ2) is 9.59. The van der Waals surface area contributed by atoms with Crippen molar-refractivity contribution in [1.29, 1.82) is 0 Å². The van der Waals surface area contributed by atoms with Gasteiger partial charge in [-0.3, -0.25) is 4.99 Å². The van der Waals surface area contributed by atoms with E-state index in [9.17, 15) is 4.79 Å². The summed E-state index contributed by atoms with van der Waals surface area (Å²) in [6.07, 6.45) is 1.54.